The van der Waals surface area contributed by atoms with Crippen molar-refractivity contribution in [2.24, 2.45) is 24.6 Å². The van der Waals surface area contributed by atoms with Gasteiger partial charge in [-0.15, -0.1) is 0 Å². The van der Waals surface area contributed by atoms with Crippen molar-refractivity contribution in [3.8, 4) is 0 Å². The summed E-state index contributed by atoms with van der Waals surface area (Å²) in [6.07, 6.45) is 5.09. The zero-order valence-corrected chi connectivity index (χ0v) is 12.6. The quantitative estimate of drug-likeness (QED) is 0.905. The van der Waals surface area contributed by atoms with E-state index >= 15 is 0 Å². The first-order chi connectivity index (χ1) is 9.13. The zero-order valence-electron chi connectivity index (χ0n) is 11.9. The lowest BCUT2D eigenvalue weighted by molar-refractivity contribution is 0.0483. The van der Waals surface area contributed by atoms with Gasteiger partial charge in [0.15, 0.2) is 0 Å². The number of nitrogens with zero attached hydrogens (tertiary/aromatic N) is 2. The third-order valence-electron chi connectivity index (χ3n) is 4.20. The molecule has 1 aromatic heterocycles. The molecule has 0 aromatic carbocycles. The first-order valence-electron chi connectivity index (χ1n) is 7.09. The minimum atomic E-state index is 0.532. The molecule has 0 spiro atoms. The van der Waals surface area contributed by atoms with Gasteiger partial charge in [-0.2, -0.15) is 5.10 Å². The van der Waals surface area contributed by atoms with Gasteiger partial charge in [0.05, 0.1) is 29.6 Å². The van der Waals surface area contributed by atoms with Gasteiger partial charge >= 0.3 is 0 Å². The van der Waals surface area contributed by atoms with Gasteiger partial charge in [-0.1, -0.05) is 24.4 Å². The van der Waals surface area contributed by atoms with Gasteiger partial charge in [-0.3, -0.25) is 4.68 Å². The standard InChI is InChI=1S/C14H24ClN3O/c1-10-14(15)13(18(2)17-10)9-19-8-12-6-4-3-5-11(12)7-16/h11-12H,3-9,16H2,1-2H3. The molecule has 2 rings (SSSR count). The number of rotatable bonds is 5. The van der Waals surface area contributed by atoms with E-state index in [1.165, 1.54) is 25.7 Å². The molecule has 0 amide bonds. The Hall–Kier alpha value is -0.580. The smallest absolute Gasteiger partial charge is 0.0900 e. The molecule has 0 saturated heterocycles. The summed E-state index contributed by atoms with van der Waals surface area (Å²) in [5.74, 6) is 1.23. The number of aromatic nitrogens is 2. The van der Waals surface area contributed by atoms with E-state index in [1.54, 1.807) is 4.68 Å². The van der Waals surface area contributed by atoms with Crippen LogP contribution in [-0.4, -0.2) is 22.9 Å². The van der Waals surface area contributed by atoms with Crippen LogP contribution < -0.4 is 5.73 Å². The van der Waals surface area contributed by atoms with Gasteiger partial charge in [0.2, 0.25) is 0 Å². The monoisotopic (exact) mass is 285 g/mol. The number of ether oxygens (including phenoxy) is 1. The molecule has 1 aliphatic rings. The number of nitrogens with two attached hydrogens (primary N) is 1. The molecule has 1 aromatic rings. The molecule has 1 aliphatic carbocycles. The van der Waals surface area contributed by atoms with E-state index in [4.69, 9.17) is 22.1 Å². The molecule has 4 nitrogen and oxygen atoms in total. The highest BCUT2D eigenvalue weighted by Gasteiger charge is 2.24. The summed E-state index contributed by atoms with van der Waals surface area (Å²) in [7, 11) is 1.90. The minimum absolute atomic E-state index is 0.532. The Labute approximate surface area is 120 Å². The summed E-state index contributed by atoms with van der Waals surface area (Å²) in [5.41, 5.74) is 7.66. The predicted octanol–water partition coefficient (Wildman–Crippen LogP) is 2.66. The van der Waals surface area contributed by atoms with Crippen LogP contribution in [0.3, 0.4) is 0 Å². The van der Waals surface area contributed by atoms with Crippen LogP contribution in [0.4, 0.5) is 0 Å². The fourth-order valence-corrected chi connectivity index (χ4v) is 3.17. The number of hydrogen-bond donors (Lipinski definition) is 1. The SMILES string of the molecule is Cc1nn(C)c(COCC2CCCCC2CN)c1Cl. The summed E-state index contributed by atoms with van der Waals surface area (Å²) in [4.78, 5) is 0. The van der Waals surface area contributed by atoms with Crippen LogP contribution in [0.15, 0.2) is 0 Å². The van der Waals surface area contributed by atoms with E-state index in [1.807, 2.05) is 14.0 Å². The maximum Gasteiger partial charge on any atom is 0.0900 e. The summed E-state index contributed by atoms with van der Waals surface area (Å²) < 4.78 is 7.67. The van der Waals surface area contributed by atoms with Crippen LogP contribution in [0.5, 0.6) is 0 Å². The third-order valence-corrected chi connectivity index (χ3v) is 4.69. The lowest BCUT2D eigenvalue weighted by Crippen LogP contribution is -2.29. The molecule has 5 heteroatoms. The molecule has 0 radical (unpaired) electrons. The molecule has 0 bridgehead atoms. The first kappa shape index (κ1) is 14.8. The average Bonchev–Trinajstić information content (AvgIpc) is 2.65. The maximum absolute atomic E-state index is 6.21. The molecule has 1 heterocycles. The molecule has 108 valence electrons. The van der Waals surface area contributed by atoms with Crippen LogP contribution in [0, 0.1) is 18.8 Å². The number of hydrogen-bond acceptors (Lipinski definition) is 3. The van der Waals surface area contributed by atoms with Crippen molar-refractivity contribution in [2.75, 3.05) is 13.2 Å². The van der Waals surface area contributed by atoms with Crippen molar-refractivity contribution in [3.63, 3.8) is 0 Å². The van der Waals surface area contributed by atoms with Crippen LogP contribution in [0.25, 0.3) is 0 Å². The van der Waals surface area contributed by atoms with Gasteiger partial charge in [-0.05, 0) is 38.1 Å². The highest BCUT2D eigenvalue weighted by molar-refractivity contribution is 6.31. The van der Waals surface area contributed by atoms with E-state index in [0.29, 0.717) is 18.4 Å². The van der Waals surface area contributed by atoms with Crippen LogP contribution >= 0.6 is 11.6 Å². The minimum Gasteiger partial charge on any atom is -0.375 e. The van der Waals surface area contributed by atoms with E-state index in [9.17, 15) is 0 Å². The molecular formula is C14H24ClN3O. The van der Waals surface area contributed by atoms with Crippen LogP contribution in [-0.2, 0) is 18.4 Å². The van der Waals surface area contributed by atoms with E-state index < -0.39 is 0 Å². The molecule has 2 unspecified atom stereocenters. The Bertz CT molecular complexity index is 419. The number of halogens is 1. The van der Waals surface area contributed by atoms with Gasteiger partial charge in [0.1, 0.15) is 0 Å². The number of aryl methyl sites for hydroxylation is 2. The third kappa shape index (κ3) is 3.50. The second-order valence-electron chi connectivity index (χ2n) is 5.53. The predicted molar refractivity (Wildman–Crippen MR) is 77.1 cm³/mol. The van der Waals surface area contributed by atoms with Crippen molar-refractivity contribution in [1.29, 1.82) is 0 Å². The van der Waals surface area contributed by atoms with Crippen LogP contribution in [0.2, 0.25) is 5.02 Å². The summed E-state index contributed by atoms with van der Waals surface area (Å²) >= 11 is 6.21. The Kier molecular flexibility index (Phi) is 5.25. The lowest BCUT2D eigenvalue weighted by atomic mass is 9.80. The molecule has 1 fully saturated rings. The summed E-state index contributed by atoms with van der Waals surface area (Å²) in [5, 5.41) is 5.02. The Balaban J connectivity index is 1.85. The van der Waals surface area contributed by atoms with E-state index in [0.717, 1.165) is 29.6 Å². The van der Waals surface area contributed by atoms with Crippen molar-refractivity contribution in [3.05, 3.63) is 16.4 Å². The Morgan fingerprint density at radius 1 is 1.37 bits per heavy atom. The normalized spacial score (nSPS) is 23.8. The summed E-state index contributed by atoms with van der Waals surface area (Å²) in [6.45, 7) is 4.00. The van der Waals surface area contributed by atoms with Gasteiger partial charge < -0.3 is 10.5 Å². The summed E-state index contributed by atoms with van der Waals surface area (Å²) in [6, 6.07) is 0. The van der Waals surface area contributed by atoms with Gasteiger partial charge in [0, 0.05) is 7.05 Å². The second kappa shape index (κ2) is 6.73. The van der Waals surface area contributed by atoms with E-state index in [-0.39, 0.29) is 0 Å². The molecule has 1 saturated carbocycles. The molecule has 0 aliphatic heterocycles. The lowest BCUT2D eigenvalue weighted by Gasteiger charge is -2.30. The fourth-order valence-electron chi connectivity index (χ4n) is 2.96. The van der Waals surface area contributed by atoms with E-state index in [2.05, 4.69) is 5.10 Å². The zero-order chi connectivity index (χ0) is 13.8. The highest BCUT2D eigenvalue weighted by Crippen LogP contribution is 2.30. The first-order valence-corrected chi connectivity index (χ1v) is 7.47. The van der Waals surface area contributed by atoms with Crippen molar-refractivity contribution in [2.45, 2.75) is 39.2 Å². The average molecular weight is 286 g/mol. The maximum atomic E-state index is 6.21. The molecule has 19 heavy (non-hydrogen) atoms. The molecule has 2 atom stereocenters. The Morgan fingerprint density at radius 2 is 2.05 bits per heavy atom. The van der Waals surface area contributed by atoms with Crippen molar-refractivity contribution < 1.29 is 4.74 Å². The van der Waals surface area contributed by atoms with Gasteiger partial charge in [0.25, 0.3) is 0 Å². The highest BCUT2D eigenvalue weighted by atomic mass is 35.5. The molecular weight excluding hydrogens is 262 g/mol. The second-order valence-corrected chi connectivity index (χ2v) is 5.90. The topological polar surface area (TPSA) is 53.1 Å². The van der Waals surface area contributed by atoms with Crippen molar-refractivity contribution in [1.82, 2.24) is 9.78 Å². The fraction of sp³-hybridized carbons (Fsp3) is 0.786. The van der Waals surface area contributed by atoms with Crippen molar-refractivity contribution >= 4 is 11.6 Å². The van der Waals surface area contributed by atoms with Crippen LogP contribution in [0.1, 0.15) is 37.1 Å². The van der Waals surface area contributed by atoms with Gasteiger partial charge in [-0.25, -0.2) is 0 Å². The Morgan fingerprint density at radius 3 is 2.63 bits per heavy atom. The largest absolute Gasteiger partial charge is 0.375 e. The molecule has 2 N–H and O–H groups in total.